The summed E-state index contributed by atoms with van der Waals surface area (Å²) in [6.07, 6.45) is 2.05. The Kier molecular flexibility index (Phi) is 6.10. The Labute approximate surface area is 201 Å². The number of aryl methyl sites for hydroxylation is 1. The van der Waals surface area contributed by atoms with Crippen LogP contribution in [0.5, 0.6) is 0 Å². The first-order chi connectivity index (χ1) is 15.5. The number of fused-ring (bicyclic) bond motifs is 1. The van der Waals surface area contributed by atoms with Crippen molar-refractivity contribution in [3.63, 3.8) is 0 Å². The maximum atomic E-state index is 13.6. The van der Waals surface area contributed by atoms with E-state index in [1.54, 1.807) is 17.4 Å². The Bertz CT molecular complexity index is 1290. The molecule has 4 aromatic rings. The first-order valence-corrected chi connectivity index (χ1v) is 12.2. The van der Waals surface area contributed by atoms with Gasteiger partial charge in [-0.3, -0.25) is 0 Å². The Morgan fingerprint density at radius 3 is 2.66 bits per heavy atom. The van der Waals surface area contributed by atoms with Crippen LogP contribution in [0.3, 0.4) is 0 Å². The monoisotopic (exact) mass is 483 g/mol. The van der Waals surface area contributed by atoms with Crippen LogP contribution in [0.25, 0.3) is 21.3 Å². The summed E-state index contributed by atoms with van der Waals surface area (Å²) in [5.41, 5.74) is 4.93. The summed E-state index contributed by atoms with van der Waals surface area (Å²) in [6, 6.07) is 13.2. The second-order valence-electron chi connectivity index (χ2n) is 8.19. The number of halogens is 3. The fourth-order valence-corrected chi connectivity index (χ4v) is 5.79. The Morgan fingerprint density at radius 2 is 1.91 bits per heavy atom. The zero-order valence-corrected chi connectivity index (χ0v) is 19.9. The van der Waals surface area contributed by atoms with Crippen molar-refractivity contribution < 1.29 is 4.39 Å². The summed E-state index contributed by atoms with van der Waals surface area (Å²) >= 11 is 14.2. The summed E-state index contributed by atoms with van der Waals surface area (Å²) in [4.78, 5) is 8.04. The van der Waals surface area contributed by atoms with Crippen molar-refractivity contribution in [1.82, 2.24) is 4.98 Å². The minimum absolute atomic E-state index is 0.340. The van der Waals surface area contributed by atoms with Gasteiger partial charge in [-0.1, -0.05) is 11.6 Å². The molecule has 0 radical (unpaired) electrons. The average molecular weight is 484 g/mol. The van der Waals surface area contributed by atoms with Crippen LogP contribution in [0.1, 0.15) is 18.4 Å². The molecule has 0 spiro atoms. The van der Waals surface area contributed by atoms with Gasteiger partial charge in [0.2, 0.25) is 0 Å². The average Bonchev–Trinajstić information content (AvgIpc) is 3.16. The summed E-state index contributed by atoms with van der Waals surface area (Å²) in [5, 5.41) is 4.94. The molecule has 0 saturated carbocycles. The van der Waals surface area contributed by atoms with E-state index in [0.29, 0.717) is 11.1 Å². The molecule has 2 aromatic carbocycles. The van der Waals surface area contributed by atoms with Crippen LogP contribution in [-0.2, 0) is 0 Å². The van der Waals surface area contributed by atoms with Gasteiger partial charge in [-0.15, -0.1) is 0 Å². The fourth-order valence-electron chi connectivity index (χ4n) is 4.27. The molecule has 0 atom stereocenters. The summed E-state index contributed by atoms with van der Waals surface area (Å²) in [6.45, 7) is 5.90. The van der Waals surface area contributed by atoms with Gasteiger partial charge in [-0.05, 0) is 36.8 Å². The Morgan fingerprint density at radius 1 is 1.09 bits per heavy atom. The zero-order valence-electron chi connectivity index (χ0n) is 17.5. The number of piperidine rings is 1. The number of nitrogens with one attached hydrogen (secondary N) is 1. The van der Waals surface area contributed by atoms with E-state index < -0.39 is 0 Å². The molecule has 0 aliphatic carbocycles. The standard InChI is InChI=1S/C24H21BCl2FN3S/c1-14-10-19(18-3-2-15(28)12-20(18)26)23-21(11-14)32-24(30-23)29-16-5-8-31(9-6-16)17-4-7-25-22(27)13-17/h2-4,7,10-13,16H,5-6,8-9H2,1H3,(H,29,30). The molecule has 1 N–H and O–H groups in total. The van der Waals surface area contributed by atoms with Gasteiger partial charge in [-0.2, -0.15) is 0 Å². The predicted molar refractivity (Wildman–Crippen MR) is 136 cm³/mol. The molecule has 1 saturated heterocycles. The number of anilines is 2. The summed E-state index contributed by atoms with van der Waals surface area (Å²) in [5.74, 6) is 1.66. The van der Waals surface area contributed by atoms with E-state index >= 15 is 0 Å². The second-order valence-corrected chi connectivity index (χ2v) is 10.1. The van der Waals surface area contributed by atoms with E-state index in [-0.39, 0.29) is 5.82 Å². The Balaban J connectivity index is 1.36. The normalized spacial score (nSPS) is 14.7. The van der Waals surface area contributed by atoms with Gasteiger partial charge in [0.1, 0.15) is 5.82 Å². The van der Waals surface area contributed by atoms with Crippen LogP contribution in [0.4, 0.5) is 15.2 Å². The third-order valence-electron chi connectivity index (χ3n) is 5.86. The van der Waals surface area contributed by atoms with Crippen molar-refractivity contribution in [2.45, 2.75) is 25.8 Å². The molecule has 1 aliphatic heterocycles. The van der Waals surface area contributed by atoms with Gasteiger partial charge >= 0.3 is 133 Å². The second kappa shape index (κ2) is 9.01. The zero-order chi connectivity index (χ0) is 22.2. The van der Waals surface area contributed by atoms with Crippen molar-refractivity contribution in [1.29, 1.82) is 0 Å². The molecule has 1 fully saturated rings. The van der Waals surface area contributed by atoms with E-state index in [1.165, 1.54) is 17.8 Å². The molecule has 0 bridgehead atoms. The van der Waals surface area contributed by atoms with Crippen LogP contribution < -0.4 is 10.2 Å². The van der Waals surface area contributed by atoms with E-state index in [2.05, 4.69) is 35.3 Å². The molecular weight excluding hydrogens is 463 g/mol. The molecular formula is C24H21BCl2FN3S. The number of hydrogen-bond acceptors (Lipinski definition) is 4. The van der Waals surface area contributed by atoms with E-state index in [1.807, 2.05) is 18.9 Å². The molecule has 2 aromatic heterocycles. The van der Waals surface area contributed by atoms with Crippen molar-refractivity contribution >= 4 is 62.5 Å². The summed E-state index contributed by atoms with van der Waals surface area (Å²) < 4.78 is 14.7. The van der Waals surface area contributed by atoms with Gasteiger partial charge in [0, 0.05) is 5.56 Å². The van der Waals surface area contributed by atoms with Crippen LogP contribution in [0, 0.1) is 12.7 Å². The minimum atomic E-state index is -0.340. The van der Waals surface area contributed by atoms with Gasteiger partial charge in [-0.25, -0.2) is 4.39 Å². The van der Waals surface area contributed by atoms with Gasteiger partial charge in [0.15, 0.2) is 0 Å². The van der Waals surface area contributed by atoms with Gasteiger partial charge < -0.3 is 0 Å². The first kappa shape index (κ1) is 21.7. The maximum absolute atomic E-state index is 13.6. The predicted octanol–water partition coefficient (Wildman–Crippen LogP) is 7.14. The molecule has 3 nitrogen and oxygen atoms in total. The molecule has 3 heterocycles. The number of thiazole rings is 1. The van der Waals surface area contributed by atoms with E-state index in [0.717, 1.165) is 62.9 Å². The SMILES string of the molecule is Cc1cc(-c2ccc(F)cc2Cl)c2nc(NC3CCN(c4ccbc(Cl)c4)CC3)sc2c1. The quantitative estimate of drug-likeness (QED) is 0.334. The topological polar surface area (TPSA) is 28.2 Å². The fraction of sp³-hybridized carbons (Fsp3) is 0.250. The first-order valence-electron chi connectivity index (χ1n) is 10.6. The molecule has 0 amide bonds. The molecule has 5 rings (SSSR count). The van der Waals surface area contributed by atoms with E-state index in [4.69, 9.17) is 28.2 Å². The third kappa shape index (κ3) is 4.49. The number of nitrogens with zero attached hydrogens (tertiary/aromatic N) is 2. The number of rotatable bonds is 4. The van der Waals surface area contributed by atoms with E-state index in [9.17, 15) is 4.39 Å². The number of hydrogen-bond donors (Lipinski definition) is 1. The number of aromatic nitrogens is 1. The summed E-state index contributed by atoms with van der Waals surface area (Å²) in [7, 11) is 0. The Hall–Kier alpha value is -2.15. The third-order valence-corrected chi connectivity index (χ3v) is 7.34. The van der Waals surface area contributed by atoms with Crippen LogP contribution in [-0.4, -0.2) is 31.0 Å². The molecule has 0 unspecified atom stereocenters. The molecule has 162 valence electrons. The van der Waals surface area contributed by atoms with Gasteiger partial charge in [0.25, 0.3) is 0 Å². The number of benzene rings is 2. The van der Waals surface area contributed by atoms with Crippen molar-refractivity contribution in [2.75, 3.05) is 23.3 Å². The van der Waals surface area contributed by atoms with Crippen LogP contribution in [0.15, 0.2) is 48.4 Å². The van der Waals surface area contributed by atoms with Crippen LogP contribution in [0.2, 0.25) is 9.94 Å². The van der Waals surface area contributed by atoms with Crippen molar-refractivity contribution in [3.05, 3.63) is 69.7 Å². The molecule has 1 aliphatic rings. The molecule has 8 heteroatoms. The van der Waals surface area contributed by atoms with Crippen LogP contribution >= 0.6 is 34.5 Å². The van der Waals surface area contributed by atoms with Crippen molar-refractivity contribution in [3.8, 4) is 11.1 Å². The molecule has 32 heavy (non-hydrogen) atoms. The van der Waals surface area contributed by atoms with Crippen molar-refractivity contribution in [2.24, 2.45) is 0 Å². The van der Waals surface area contributed by atoms with Gasteiger partial charge in [0.05, 0.1) is 5.02 Å².